The molecule has 2 N–H and O–H groups in total. The number of nitrogens with zero attached hydrogens (tertiary/aromatic N) is 1. The van der Waals surface area contributed by atoms with E-state index in [0.717, 1.165) is 6.92 Å². The van der Waals surface area contributed by atoms with Gasteiger partial charge in [-0.3, -0.25) is 4.79 Å². The third-order valence-corrected chi connectivity index (χ3v) is 4.19. The number of carboxylic acids is 1. The molecule has 0 aromatic heterocycles. The summed E-state index contributed by atoms with van der Waals surface area (Å²) < 4.78 is 43.0. The zero-order valence-corrected chi connectivity index (χ0v) is 14.4. The minimum Gasteiger partial charge on any atom is -0.481 e. The van der Waals surface area contributed by atoms with E-state index in [-0.39, 0.29) is 23.9 Å². The number of carboxylic acid groups (broad SMARTS) is 1. The second-order valence-corrected chi connectivity index (χ2v) is 6.51. The molecule has 1 saturated heterocycles. The maximum absolute atomic E-state index is 12.7. The van der Waals surface area contributed by atoms with Crippen molar-refractivity contribution in [1.82, 2.24) is 4.90 Å². The van der Waals surface area contributed by atoms with E-state index in [9.17, 15) is 27.9 Å². The van der Waals surface area contributed by atoms with E-state index in [2.05, 4.69) is 5.32 Å². The second kappa shape index (κ2) is 7.84. The molecule has 26 heavy (non-hydrogen) atoms. The minimum atomic E-state index is -4.53. The molecule has 0 saturated carbocycles. The predicted molar refractivity (Wildman–Crippen MR) is 88.1 cm³/mol. The summed E-state index contributed by atoms with van der Waals surface area (Å²) in [6.45, 7) is 3.14. The number of hydrogen-bond acceptors (Lipinski definition) is 3. The standard InChI is InChI=1S/C17H21F3N2O4/c1-10-7-12(15(23)24)9-22(8-10)16(25)21-13-5-3-4-6-14(13)26-11(2)17(18,19)20/h3-6,10-12H,7-9H2,1-2H3,(H,21,25)(H,23,24). The Morgan fingerprint density at radius 2 is 1.96 bits per heavy atom. The van der Waals surface area contributed by atoms with Crippen LogP contribution in [-0.4, -0.2) is 47.4 Å². The monoisotopic (exact) mass is 374 g/mol. The van der Waals surface area contributed by atoms with E-state index in [1.807, 2.05) is 6.92 Å². The maximum atomic E-state index is 12.7. The number of likely N-dealkylation sites (tertiary alicyclic amines) is 1. The molecule has 1 aliphatic heterocycles. The number of halogens is 3. The summed E-state index contributed by atoms with van der Waals surface area (Å²) in [7, 11) is 0. The molecule has 1 aromatic rings. The highest BCUT2D eigenvalue weighted by atomic mass is 19.4. The van der Waals surface area contributed by atoms with Crippen molar-refractivity contribution >= 4 is 17.7 Å². The molecule has 1 fully saturated rings. The quantitative estimate of drug-likeness (QED) is 0.844. The van der Waals surface area contributed by atoms with E-state index in [1.165, 1.54) is 23.1 Å². The van der Waals surface area contributed by atoms with E-state index in [1.54, 1.807) is 6.07 Å². The van der Waals surface area contributed by atoms with Gasteiger partial charge in [-0.2, -0.15) is 13.2 Å². The van der Waals surface area contributed by atoms with Crippen LogP contribution < -0.4 is 10.1 Å². The van der Waals surface area contributed by atoms with Gasteiger partial charge in [-0.25, -0.2) is 4.79 Å². The van der Waals surface area contributed by atoms with Crippen LogP contribution in [0.25, 0.3) is 0 Å². The van der Waals surface area contributed by atoms with Gasteiger partial charge in [-0.05, 0) is 31.4 Å². The van der Waals surface area contributed by atoms with Gasteiger partial charge in [-0.1, -0.05) is 19.1 Å². The first-order chi connectivity index (χ1) is 12.1. The first-order valence-electron chi connectivity index (χ1n) is 8.19. The van der Waals surface area contributed by atoms with Gasteiger partial charge in [0.1, 0.15) is 5.75 Å². The van der Waals surface area contributed by atoms with Crippen molar-refractivity contribution in [3.63, 3.8) is 0 Å². The molecule has 3 unspecified atom stereocenters. The highest BCUT2D eigenvalue weighted by molar-refractivity contribution is 5.91. The highest BCUT2D eigenvalue weighted by Crippen LogP contribution is 2.30. The summed E-state index contributed by atoms with van der Waals surface area (Å²) in [6.07, 6.45) is -6.09. The van der Waals surface area contributed by atoms with Crippen molar-refractivity contribution in [3.05, 3.63) is 24.3 Å². The van der Waals surface area contributed by atoms with Gasteiger partial charge < -0.3 is 20.1 Å². The smallest absolute Gasteiger partial charge is 0.425 e. The molecule has 3 atom stereocenters. The van der Waals surface area contributed by atoms with Crippen molar-refractivity contribution in [3.8, 4) is 5.75 Å². The number of urea groups is 1. The maximum Gasteiger partial charge on any atom is 0.425 e. The average Bonchev–Trinajstić information content (AvgIpc) is 2.55. The van der Waals surface area contributed by atoms with Crippen LogP contribution in [0.2, 0.25) is 0 Å². The molecule has 0 spiro atoms. The number of amides is 2. The summed E-state index contributed by atoms with van der Waals surface area (Å²) >= 11 is 0. The van der Waals surface area contributed by atoms with E-state index >= 15 is 0 Å². The van der Waals surface area contributed by atoms with Crippen LogP contribution in [0.5, 0.6) is 5.75 Å². The molecule has 2 amide bonds. The third kappa shape index (κ3) is 5.03. The van der Waals surface area contributed by atoms with Crippen LogP contribution in [0.1, 0.15) is 20.3 Å². The number of rotatable bonds is 4. The fourth-order valence-electron chi connectivity index (χ4n) is 2.82. The predicted octanol–water partition coefficient (Wildman–Crippen LogP) is 3.59. The summed E-state index contributed by atoms with van der Waals surface area (Å²) in [5.41, 5.74) is 0.0960. The number of carbonyl (C=O) groups excluding carboxylic acids is 1. The molecule has 2 rings (SSSR count). The Hall–Kier alpha value is -2.45. The Bertz CT molecular complexity index is 666. The fourth-order valence-corrected chi connectivity index (χ4v) is 2.82. The molecule has 0 bridgehead atoms. The van der Waals surface area contributed by atoms with Gasteiger partial charge >= 0.3 is 18.2 Å². The van der Waals surface area contributed by atoms with Gasteiger partial charge in [0.2, 0.25) is 0 Å². The highest BCUT2D eigenvalue weighted by Gasteiger charge is 2.38. The number of benzene rings is 1. The number of anilines is 1. The van der Waals surface area contributed by atoms with Gasteiger partial charge in [0.25, 0.3) is 0 Å². The first-order valence-corrected chi connectivity index (χ1v) is 8.19. The third-order valence-electron chi connectivity index (χ3n) is 4.19. The minimum absolute atomic E-state index is 0.00680. The average molecular weight is 374 g/mol. The van der Waals surface area contributed by atoms with Crippen molar-refractivity contribution in [2.45, 2.75) is 32.5 Å². The molecule has 0 aliphatic carbocycles. The molecule has 1 heterocycles. The van der Waals surface area contributed by atoms with Gasteiger partial charge in [-0.15, -0.1) is 0 Å². The Morgan fingerprint density at radius 3 is 2.58 bits per heavy atom. The number of nitrogens with one attached hydrogen (secondary N) is 1. The molecule has 0 radical (unpaired) electrons. The molecular weight excluding hydrogens is 353 g/mol. The van der Waals surface area contributed by atoms with Crippen LogP contribution in [-0.2, 0) is 4.79 Å². The van der Waals surface area contributed by atoms with Crippen molar-refractivity contribution in [1.29, 1.82) is 0 Å². The van der Waals surface area contributed by atoms with E-state index in [0.29, 0.717) is 13.0 Å². The number of piperidine rings is 1. The van der Waals surface area contributed by atoms with Crippen molar-refractivity contribution < 1.29 is 32.6 Å². The lowest BCUT2D eigenvalue weighted by Gasteiger charge is -2.34. The SMILES string of the molecule is CC1CC(C(=O)O)CN(C(=O)Nc2ccccc2OC(C)C(F)(F)F)C1. The van der Waals surface area contributed by atoms with Gasteiger partial charge in [0.05, 0.1) is 11.6 Å². The second-order valence-electron chi connectivity index (χ2n) is 6.51. The molecule has 1 aliphatic rings. The number of alkyl halides is 3. The normalized spacial score (nSPS) is 21.8. The van der Waals surface area contributed by atoms with Gasteiger partial charge in [0.15, 0.2) is 6.10 Å². The lowest BCUT2D eigenvalue weighted by molar-refractivity contribution is -0.189. The Kier molecular flexibility index (Phi) is 5.99. The summed E-state index contributed by atoms with van der Waals surface area (Å²) in [5, 5.41) is 11.7. The van der Waals surface area contributed by atoms with Gasteiger partial charge in [0, 0.05) is 13.1 Å². The topological polar surface area (TPSA) is 78.9 Å². The summed E-state index contributed by atoms with van der Waals surface area (Å²) in [5.74, 6) is -1.74. The summed E-state index contributed by atoms with van der Waals surface area (Å²) in [6, 6.07) is 5.24. The Balaban J connectivity index is 2.10. The van der Waals surface area contributed by atoms with Crippen LogP contribution >= 0.6 is 0 Å². The largest absolute Gasteiger partial charge is 0.481 e. The zero-order chi connectivity index (χ0) is 19.5. The van der Waals surface area contributed by atoms with Crippen molar-refractivity contribution in [2.75, 3.05) is 18.4 Å². The van der Waals surface area contributed by atoms with Crippen molar-refractivity contribution in [2.24, 2.45) is 11.8 Å². The van der Waals surface area contributed by atoms with Crippen LogP contribution in [0.4, 0.5) is 23.7 Å². The number of carbonyl (C=O) groups is 2. The van der Waals surface area contributed by atoms with E-state index < -0.39 is 30.2 Å². The molecule has 6 nitrogen and oxygen atoms in total. The number of hydrogen-bond donors (Lipinski definition) is 2. The molecular formula is C17H21F3N2O4. The van der Waals surface area contributed by atoms with E-state index in [4.69, 9.17) is 4.74 Å². The number of ether oxygens (including phenoxy) is 1. The zero-order valence-electron chi connectivity index (χ0n) is 14.4. The van der Waals surface area contributed by atoms with Crippen LogP contribution in [0, 0.1) is 11.8 Å². The number of para-hydroxylation sites is 2. The lowest BCUT2D eigenvalue weighted by Crippen LogP contribution is -2.47. The molecule has 1 aromatic carbocycles. The first kappa shape index (κ1) is 19.9. The van der Waals surface area contributed by atoms with Crippen LogP contribution in [0.15, 0.2) is 24.3 Å². The Labute approximate surface area is 148 Å². The molecule has 9 heteroatoms. The lowest BCUT2D eigenvalue weighted by atomic mass is 9.91. The Morgan fingerprint density at radius 1 is 1.31 bits per heavy atom. The molecule has 144 valence electrons. The number of aliphatic carboxylic acids is 1. The fraction of sp³-hybridized carbons (Fsp3) is 0.529. The summed E-state index contributed by atoms with van der Waals surface area (Å²) in [4.78, 5) is 25.0. The van der Waals surface area contributed by atoms with Crippen LogP contribution in [0.3, 0.4) is 0 Å².